The van der Waals surface area contributed by atoms with Crippen molar-refractivity contribution in [3.63, 3.8) is 0 Å². The van der Waals surface area contributed by atoms with Crippen molar-refractivity contribution in [2.45, 2.75) is 32.4 Å². The Morgan fingerprint density at radius 1 is 1.42 bits per heavy atom. The van der Waals surface area contributed by atoms with Gasteiger partial charge in [0.2, 0.25) is 0 Å². The molecule has 1 aromatic rings. The Kier molecular flexibility index (Phi) is 3.38. The fourth-order valence-corrected chi connectivity index (χ4v) is 1.74. The van der Waals surface area contributed by atoms with E-state index < -0.39 is 12.2 Å². The summed E-state index contributed by atoms with van der Waals surface area (Å²) in [6.07, 6.45) is 2.21. The maximum absolute atomic E-state index is 11.8. The zero-order chi connectivity index (χ0) is 14.0. The Labute approximate surface area is 112 Å². The summed E-state index contributed by atoms with van der Waals surface area (Å²) in [6.45, 7) is 5.67. The van der Waals surface area contributed by atoms with Crippen molar-refractivity contribution >= 4 is 11.8 Å². The molecule has 1 aliphatic heterocycles. The highest BCUT2D eigenvalue weighted by Crippen LogP contribution is 2.34. The van der Waals surface area contributed by atoms with Crippen molar-refractivity contribution < 1.29 is 14.3 Å². The van der Waals surface area contributed by atoms with Crippen LogP contribution < -0.4 is 15.8 Å². The zero-order valence-corrected chi connectivity index (χ0v) is 11.3. The van der Waals surface area contributed by atoms with Crippen molar-refractivity contribution in [2.24, 2.45) is 0 Å². The first kappa shape index (κ1) is 13.3. The number of benzene rings is 1. The molecule has 0 aliphatic carbocycles. The number of alkyl carbamates (subject to hydrolysis) is 1. The van der Waals surface area contributed by atoms with Gasteiger partial charge in [-0.2, -0.15) is 0 Å². The molecule has 19 heavy (non-hydrogen) atoms. The number of ether oxygens (including phenoxy) is 2. The third kappa shape index (κ3) is 3.40. The fourth-order valence-electron chi connectivity index (χ4n) is 1.74. The molecular formula is C14H18N2O3. The maximum atomic E-state index is 11.8. The monoisotopic (exact) mass is 262 g/mol. The van der Waals surface area contributed by atoms with Gasteiger partial charge in [-0.1, -0.05) is 0 Å². The first-order valence-electron chi connectivity index (χ1n) is 6.07. The lowest BCUT2D eigenvalue weighted by molar-refractivity contribution is 0.108. The Morgan fingerprint density at radius 3 is 2.84 bits per heavy atom. The molecule has 5 nitrogen and oxygen atoms in total. The predicted molar refractivity (Wildman–Crippen MR) is 72.7 cm³/mol. The van der Waals surface area contributed by atoms with Gasteiger partial charge in [0.05, 0.1) is 6.26 Å². The Morgan fingerprint density at radius 2 is 2.16 bits per heavy atom. The SMILES string of the molecule is CC(C)(C)NC(=O)OC1C=COc2ccc(N)cc21. The molecule has 3 N–H and O–H groups in total. The van der Waals surface area contributed by atoms with Crippen LogP contribution in [0.3, 0.4) is 0 Å². The lowest BCUT2D eigenvalue weighted by Crippen LogP contribution is -2.41. The first-order valence-corrected chi connectivity index (χ1v) is 6.07. The molecule has 0 saturated carbocycles. The highest BCUT2D eigenvalue weighted by molar-refractivity contribution is 5.69. The highest BCUT2D eigenvalue weighted by Gasteiger charge is 2.23. The van der Waals surface area contributed by atoms with Crippen LogP contribution in [-0.4, -0.2) is 11.6 Å². The number of carbonyl (C=O) groups is 1. The maximum Gasteiger partial charge on any atom is 0.408 e. The highest BCUT2D eigenvalue weighted by atomic mass is 16.6. The van der Waals surface area contributed by atoms with E-state index in [9.17, 15) is 4.79 Å². The first-order chi connectivity index (χ1) is 8.85. The Balaban J connectivity index is 2.14. The molecule has 0 fully saturated rings. The van der Waals surface area contributed by atoms with Crippen LogP contribution in [0.5, 0.6) is 5.75 Å². The van der Waals surface area contributed by atoms with E-state index in [2.05, 4.69) is 5.32 Å². The number of hydrogen-bond donors (Lipinski definition) is 2. The van der Waals surface area contributed by atoms with Crippen LogP contribution in [-0.2, 0) is 4.74 Å². The minimum atomic E-state index is -0.491. The molecule has 0 saturated heterocycles. The fraction of sp³-hybridized carbons (Fsp3) is 0.357. The number of rotatable bonds is 1. The second-order valence-corrected chi connectivity index (χ2v) is 5.44. The second kappa shape index (κ2) is 4.84. The summed E-state index contributed by atoms with van der Waals surface area (Å²) in [5, 5.41) is 2.74. The number of carbonyl (C=O) groups excluding carboxylic acids is 1. The van der Waals surface area contributed by atoms with Crippen LogP contribution in [0, 0.1) is 0 Å². The lowest BCUT2D eigenvalue weighted by atomic mass is 10.1. The molecule has 1 unspecified atom stereocenters. The summed E-state index contributed by atoms with van der Waals surface area (Å²) in [7, 11) is 0. The number of nitrogens with one attached hydrogen (secondary N) is 1. The number of nitrogen functional groups attached to an aromatic ring is 1. The van der Waals surface area contributed by atoms with Crippen LogP contribution in [0.25, 0.3) is 0 Å². The smallest absolute Gasteiger partial charge is 0.408 e. The zero-order valence-electron chi connectivity index (χ0n) is 11.3. The molecule has 2 rings (SSSR count). The molecule has 5 heteroatoms. The molecule has 1 atom stereocenters. The molecule has 0 bridgehead atoms. The summed E-state index contributed by atoms with van der Waals surface area (Å²) in [4.78, 5) is 11.8. The lowest BCUT2D eigenvalue weighted by Gasteiger charge is -2.25. The van der Waals surface area contributed by atoms with Gasteiger partial charge in [0, 0.05) is 16.8 Å². The quantitative estimate of drug-likeness (QED) is 0.763. The Hall–Kier alpha value is -2.17. The molecule has 102 valence electrons. The van der Waals surface area contributed by atoms with Gasteiger partial charge >= 0.3 is 6.09 Å². The topological polar surface area (TPSA) is 73.6 Å². The number of amides is 1. The molecule has 0 aromatic heterocycles. The minimum Gasteiger partial charge on any atom is -0.465 e. The van der Waals surface area contributed by atoms with E-state index in [-0.39, 0.29) is 5.54 Å². The third-order valence-electron chi connectivity index (χ3n) is 2.50. The van der Waals surface area contributed by atoms with E-state index >= 15 is 0 Å². The van der Waals surface area contributed by atoms with Gasteiger partial charge in [0.1, 0.15) is 5.75 Å². The molecule has 0 spiro atoms. The van der Waals surface area contributed by atoms with Gasteiger partial charge < -0.3 is 20.5 Å². The van der Waals surface area contributed by atoms with Crippen molar-refractivity contribution in [2.75, 3.05) is 5.73 Å². The van der Waals surface area contributed by atoms with Crippen molar-refractivity contribution in [3.05, 3.63) is 36.1 Å². The largest absolute Gasteiger partial charge is 0.465 e. The van der Waals surface area contributed by atoms with Crippen molar-refractivity contribution in [3.8, 4) is 5.75 Å². The molecule has 1 heterocycles. The number of fused-ring (bicyclic) bond motifs is 1. The van der Waals surface area contributed by atoms with E-state index in [1.54, 1.807) is 24.3 Å². The standard InChI is InChI=1S/C14H18N2O3/c1-14(2,3)16-13(17)19-12-6-7-18-11-5-4-9(15)8-10(11)12/h4-8,12H,15H2,1-3H3,(H,16,17). The van der Waals surface area contributed by atoms with Crippen LogP contribution in [0.4, 0.5) is 10.5 Å². The summed E-state index contributed by atoms with van der Waals surface area (Å²) < 4.78 is 10.7. The third-order valence-corrected chi connectivity index (χ3v) is 2.50. The number of nitrogens with two attached hydrogens (primary N) is 1. The minimum absolute atomic E-state index is 0.343. The average molecular weight is 262 g/mol. The summed E-state index contributed by atoms with van der Waals surface area (Å²) in [5.41, 5.74) is 6.74. The van der Waals surface area contributed by atoms with E-state index in [0.29, 0.717) is 11.4 Å². The normalized spacial score (nSPS) is 17.3. The van der Waals surface area contributed by atoms with Gasteiger partial charge in [-0.15, -0.1) is 0 Å². The van der Waals surface area contributed by atoms with Crippen LogP contribution in [0.15, 0.2) is 30.5 Å². The average Bonchev–Trinajstić information content (AvgIpc) is 2.27. The molecular weight excluding hydrogens is 244 g/mol. The number of anilines is 1. The van der Waals surface area contributed by atoms with E-state index in [0.717, 1.165) is 5.56 Å². The predicted octanol–water partition coefficient (Wildman–Crippen LogP) is 2.74. The summed E-state index contributed by atoms with van der Waals surface area (Å²) >= 11 is 0. The molecule has 1 aromatic carbocycles. The molecule has 0 radical (unpaired) electrons. The van der Waals surface area contributed by atoms with Gasteiger partial charge in [-0.25, -0.2) is 4.79 Å². The van der Waals surface area contributed by atoms with Gasteiger partial charge in [-0.05, 0) is 45.0 Å². The molecule has 1 aliphatic rings. The van der Waals surface area contributed by atoms with Gasteiger partial charge in [-0.3, -0.25) is 0 Å². The van der Waals surface area contributed by atoms with Gasteiger partial charge in [0.15, 0.2) is 6.10 Å². The Bertz CT molecular complexity index is 518. The molecule has 1 amide bonds. The van der Waals surface area contributed by atoms with Crippen LogP contribution >= 0.6 is 0 Å². The van der Waals surface area contributed by atoms with Crippen molar-refractivity contribution in [1.29, 1.82) is 0 Å². The van der Waals surface area contributed by atoms with E-state index in [1.807, 2.05) is 20.8 Å². The second-order valence-electron chi connectivity index (χ2n) is 5.44. The van der Waals surface area contributed by atoms with Crippen LogP contribution in [0.1, 0.15) is 32.4 Å². The van der Waals surface area contributed by atoms with Gasteiger partial charge in [0.25, 0.3) is 0 Å². The number of hydrogen-bond acceptors (Lipinski definition) is 4. The summed E-state index contributed by atoms with van der Waals surface area (Å²) in [6, 6.07) is 5.24. The van der Waals surface area contributed by atoms with Crippen LogP contribution in [0.2, 0.25) is 0 Å². The van der Waals surface area contributed by atoms with E-state index in [4.69, 9.17) is 15.2 Å². The summed E-state index contributed by atoms with van der Waals surface area (Å²) in [5.74, 6) is 0.644. The van der Waals surface area contributed by atoms with Crippen molar-refractivity contribution in [1.82, 2.24) is 5.32 Å². The van der Waals surface area contributed by atoms with E-state index in [1.165, 1.54) is 6.26 Å².